The maximum atomic E-state index is 9.45. The fraction of sp³-hybridized carbons (Fsp3) is 0.176. The van der Waals surface area contributed by atoms with Crippen LogP contribution in [0.15, 0.2) is 48.5 Å². The van der Waals surface area contributed by atoms with Crippen LogP contribution in [0.5, 0.6) is 5.75 Å². The van der Waals surface area contributed by atoms with Crippen molar-refractivity contribution in [2.75, 3.05) is 18.5 Å². The summed E-state index contributed by atoms with van der Waals surface area (Å²) < 4.78 is 2.15. The molecule has 0 spiro atoms. The van der Waals surface area contributed by atoms with Gasteiger partial charge in [-0.3, -0.25) is 0 Å². The molecule has 1 N–H and O–H groups in total. The third kappa shape index (κ3) is 1.94. The van der Waals surface area contributed by atoms with Crippen molar-refractivity contribution in [2.45, 2.75) is 6.54 Å². The van der Waals surface area contributed by atoms with Crippen molar-refractivity contribution in [2.24, 2.45) is 0 Å². The minimum atomic E-state index is 0.254. The minimum absolute atomic E-state index is 0.254. The Morgan fingerprint density at radius 3 is 2.45 bits per heavy atom. The van der Waals surface area contributed by atoms with E-state index in [1.165, 1.54) is 5.69 Å². The van der Waals surface area contributed by atoms with Gasteiger partial charge in [0.05, 0.1) is 0 Å². The highest BCUT2D eigenvalue weighted by atomic mass is 16.3. The standard InChI is InChI=1S/C17H16N4O/c1-20-10-11-21-16(12-6-8-13(22)9-7-12)18-19-17(21)14-4-2-3-5-15(14)20/h2-9,22H,10-11H2,1H3. The summed E-state index contributed by atoms with van der Waals surface area (Å²) in [6, 6.07) is 15.3. The van der Waals surface area contributed by atoms with E-state index in [9.17, 15) is 5.11 Å². The third-order valence-corrected chi connectivity index (χ3v) is 4.09. The number of phenols is 1. The van der Waals surface area contributed by atoms with Crippen molar-refractivity contribution in [1.82, 2.24) is 14.8 Å². The van der Waals surface area contributed by atoms with Gasteiger partial charge in [-0.15, -0.1) is 10.2 Å². The quantitative estimate of drug-likeness (QED) is 0.749. The molecule has 0 radical (unpaired) electrons. The van der Waals surface area contributed by atoms with Crippen LogP contribution < -0.4 is 4.90 Å². The molecule has 1 aliphatic heterocycles. The topological polar surface area (TPSA) is 54.2 Å². The molecule has 5 nitrogen and oxygen atoms in total. The van der Waals surface area contributed by atoms with Crippen LogP contribution in [0.25, 0.3) is 22.8 Å². The molecule has 4 rings (SSSR count). The van der Waals surface area contributed by atoms with Crippen molar-refractivity contribution in [3.8, 4) is 28.5 Å². The fourth-order valence-corrected chi connectivity index (χ4v) is 2.90. The van der Waals surface area contributed by atoms with E-state index in [0.29, 0.717) is 0 Å². The van der Waals surface area contributed by atoms with Crippen molar-refractivity contribution in [1.29, 1.82) is 0 Å². The molecule has 0 aliphatic carbocycles. The maximum Gasteiger partial charge on any atom is 0.166 e. The van der Waals surface area contributed by atoms with Crippen LogP contribution in [0.4, 0.5) is 5.69 Å². The molecule has 2 heterocycles. The van der Waals surface area contributed by atoms with E-state index in [1.807, 2.05) is 24.3 Å². The van der Waals surface area contributed by atoms with Gasteiger partial charge in [0.2, 0.25) is 0 Å². The summed E-state index contributed by atoms with van der Waals surface area (Å²) in [4.78, 5) is 2.24. The van der Waals surface area contributed by atoms with Crippen molar-refractivity contribution in [3.05, 3.63) is 48.5 Å². The molecular weight excluding hydrogens is 276 g/mol. The Labute approximate surface area is 128 Å². The average Bonchev–Trinajstić information content (AvgIpc) is 2.91. The zero-order valence-corrected chi connectivity index (χ0v) is 12.3. The molecule has 1 aliphatic rings. The summed E-state index contributed by atoms with van der Waals surface area (Å²) in [5, 5.41) is 18.2. The first kappa shape index (κ1) is 12.9. The summed E-state index contributed by atoms with van der Waals surface area (Å²) in [5.41, 5.74) is 3.23. The Bertz CT molecular complexity index is 823. The van der Waals surface area contributed by atoms with Crippen LogP contribution >= 0.6 is 0 Å². The SMILES string of the molecule is CN1CCn2c(-c3ccc(O)cc3)nnc2-c2ccccc21. The van der Waals surface area contributed by atoms with Gasteiger partial charge in [0.25, 0.3) is 0 Å². The summed E-state index contributed by atoms with van der Waals surface area (Å²) >= 11 is 0. The van der Waals surface area contributed by atoms with Gasteiger partial charge in [0.1, 0.15) is 5.75 Å². The van der Waals surface area contributed by atoms with E-state index in [0.717, 1.165) is 35.9 Å². The predicted molar refractivity (Wildman–Crippen MR) is 85.8 cm³/mol. The highest BCUT2D eigenvalue weighted by molar-refractivity contribution is 5.76. The molecule has 0 atom stereocenters. The number of hydrogen-bond donors (Lipinski definition) is 1. The molecule has 3 aromatic rings. The Hall–Kier alpha value is -2.82. The van der Waals surface area contributed by atoms with Crippen molar-refractivity contribution >= 4 is 5.69 Å². The lowest BCUT2D eigenvalue weighted by Gasteiger charge is -2.18. The zero-order chi connectivity index (χ0) is 15.1. The number of benzene rings is 2. The van der Waals surface area contributed by atoms with Crippen LogP contribution in [-0.2, 0) is 6.54 Å². The van der Waals surface area contributed by atoms with E-state index in [1.54, 1.807) is 12.1 Å². The fourth-order valence-electron chi connectivity index (χ4n) is 2.90. The van der Waals surface area contributed by atoms with Crippen LogP contribution in [0, 0.1) is 0 Å². The molecule has 0 bridgehead atoms. The zero-order valence-electron chi connectivity index (χ0n) is 12.3. The van der Waals surface area contributed by atoms with E-state index >= 15 is 0 Å². The number of likely N-dealkylation sites (N-methyl/N-ethyl adjacent to an activating group) is 1. The molecule has 0 amide bonds. The number of rotatable bonds is 1. The number of para-hydroxylation sites is 1. The number of anilines is 1. The Balaban J connectivity index is 1.89. The van der Waals surface area contributed by atoms with Crippen LogP contribution in [0.1, 0.15) is 0 Å². The van der Waals surface area contributed by atoms with Crippen LogP contribution in [0.3, 0.4) is 0 Å². The summed E-state index contributed by atoms with van der Waals surface area (Å²) in [6.07, 6.45) is 0. The largest absolute Gasteiger partial charge is 0.508 e. The summed E-state index contributed by atoms with van der Waals surface area (Å²) in [6.45, 7) is 1.72. The van der Waals surface area contributed by atoms with Gasteiger partial charge < -0.3 is 14.6 Å². The van der Waals surface area contributed by atoms with E-state index in [-0.39, 0.29) is 5.75 Å². The Kier molecular flexibility index (Phi) is 2.85. The first-order valence-corrected chi connectivity index (χ1v) is 7.27. The number of nitrogens with zero attached hydrogens (tertiary/aromatic N) is 4. The van der Waals surface area contributed by atoms with Gasteiger partial charge in [-0.2, -0.15) is 0 Å². The summed E-state index contributed by atoms with van der Waals surface area (Å²) in [7, 11) is 2.10. The minimum Gasteiger partial charge on any atom is -0.508 e. The molecular formula is C17H16N4O. The molecule has 0 unspecified atom stereocenters. The van der Waals surface area contributed by atoms with E-state index in [4.69, 9.17) is 0 Å². The molecule has 0 saturated heterocycles. The van der Waals surface area contributed by atoms with E-state index < -0.39 is 0 Å². The lowest BCUT2D eigenvalue weighted by Crippen LogP contribution is -2.20. The Morgan fingerprint density at radius 1 is 0.909 bits per heavy atom. The van der Waals surface area contributed by atoms with Gasteiger partial charge in [-0.25, -0.2) is 0 Å². The lowest BCUT2D eigenvalue weighted by atomic mass is 10.1. The average molecular weight is 292 g/mol. The number of aromatic hydroxyl groups is 1. The molecule has 2 aromatic carbocycles. The predicted octanol–water partition coefficient (Wildman–Crippen LogP) is 2.77. The second kappa shape index (κ2) is 4.87. The number of hydrogen-bond acceptors (Lipinski definition) is 4. The molecule has 5 heteroatoms. The highest BCUT2D eigenvalue weighted by Gasteiger charge is 2.22. The van der Waals surface area contributed by atoms with Crippen molar-refractivity contribution < 1.29 is 5.11 Å². The van der Waals surface area contributed by atoms with Gasteiger partial charge in [0.15, 0.2) is 11.6 Å². The van der Waals surface area contributed by atoms with Gasteiger partial charge in [-0.1, -0.05) is 12.1 Å². The number of aromatic nitrogens is 3. The molecule has 0 saturated carbocycles. The highest BCUT2D eigenvalue weighted by Crippen LogP contribution is 2.34. The van der Waals surface area contributed by atoms with E-state index in [2.05, 4.69) is 38.8 Å². The van der Waals surface area contributed by atoms with Gasteiger partial charge in [0, 0.05) is 37.0 Å². The maximum absolute atomic E-state index is 9.45. The van der Waals surface area contributed by atoms with Crippen LogP contribution in [-0.4, -0.2) is 33.5 Å². The smallest absolute Gasteiger partial charge is 0.166 e. The first-order valence-electron chi connectivity index (χ1n) is 7.27. The summed E-state index contributed by atoms with van der Waals surface area (Å²) in [5.74, 6) is 1.98. The van der Waals surface area contributed by atoms with Gasteiger partial charge in [-0.05, 0) is 36.4 Å². The monoisotopic (exact) mass is 292 g/mol. The molecule has 110 valence electrons. The second-order valence-corrected chi connectivity index (χ2v) is 5.48. The second-order valence-electron chi connectivity index (χ2n) is 5.48. The molecule has 1 aromatic heterocycles. The first-order chi connectivity index (χ1) is 10.7. The Morgan fingerprint density at radius 2 is 1.64 bits per heavy atom. The number of phenolic OH excluding ortho intramolecular Hbond substituents is 1. The lowest BCUT2D eigenvalue weighted by molar-refractivity contribution is 0.475. The molecule has 0 fully saturated rings. The normalized spacial score (nSPS) is 13.4. The van der Waals surface area contributed by atoms with Crippen LogP contribution in [0.2, 0.25) is 0 Å². The van der Waals surface area contributed by atoms with Gasteiger partial charge >= 0.3 is 0 Å². The van der Waals surface area contributed by atoms with Crippen molar-refractivity contribution in [3.63, 3.8) is 0 Å². The molecule has 22 heavy (non-hydrogen) atoms. The number of fused-ring (bicyclic) bond motifs is 3. The third-order valence-electron chi connectivity index (χ3n) is 4.09.